The first-order valence-corrected chi connectivity index (χ1v) is 8.38. The molecule has 1 spiro atoms. The van der Waals surface area contributed by atoms with Crippen LogP contribution in [0, 0.1) is 0 Å². The highest BCUT2D eigenvalue weighted by atomic mass is 16.5. The Balaban J connectivity index is 1.72. The number of H-pyrrole nitrogens is 1. The van der Waals surface area contributed by atoms with Gasteiger partial charge in [-0.15, -0.1) is 0 Å². The Morgan fingerprint density at radius 3 is 2.83 bits per heavy atom. The molecule has 2 fully saturated rings. The van der Waals surface area contributed by atoms with Gasteiger partial charge in [-0.05, 0) is 25.3 Å². The van der Waals surface area contributed by atoms with E-state index in [-0.39, 0.29) is 23.0 Å². The highest BCUT2D eigenvalue weighted by Gasteiger charge is 2.47. The molecule has 6 nitrogen and oxygen atoms in total. The Kier molecular flexibility index (Phi) is 4.23. The van der Waals surface area contributed by atoms with Gasteiger partial charge in [0.05, 0.1) is 12.1 Å². The number of hydrogen-bond donors (Lipinski definition) is 1. The second-order valence-electron chi connectivity index (χ2n) is 7.66. The molecule has 1 aromatic heterocycles. The van der Waals surface area contributed by atoms with Crippen molar-refractivity contribution in [3.63, 3.8) is 0 Å². The molecule has 23 heavy (non-hydrogen) atoms. The number of ether oxygens (including phenoxy) is 2. The number of aromatic amines is 1. The molecule has 2 aliphatic heterocycles. The normalized spacial score (nSPS) is 28.5. The Morgan fingerprint density at radius 1 is 1.48 bits per heavy atom. The third-order valence-electron chi connectivity index (χ3n) is 5.09. The zero-order chi connectivity index (χ0) is 16.7. The smallest absolute Gasteiger partial charge is 0.274 e. The van der Waals surface area contributed by atoms with Crippen LogP contribution >= 0.6 is 0 Å². The monoisotopic (exact) mass is 321 g/mol. The van der Waals surface area contributed by atoms with Crippen LogP contribution < -0.4 is 0 Å². The van der Waals surface area contributed by atoms with Crippen LogP contribution in [-0.4, -0.2) is 59.5 Å². The van der Waals surface area contributed by atoms with Gasteiger partial charge in [0.2, 0.25) is 0 Å². The van der Waals surface area contributed by atoms with Crippen LogP contribution in [0.5, 0.6) is 0 Å². The standard InChI is InChI=1S/C17H27N3O3/c1-16(2,3)13-10-12(18-19-13)15(21)20-8-7-17(6-5-9-23-17)14(11-20)22-4/h10,14H,5-9,11H2,1-4H3,(H,18,19)/t14-,17-/m0/s1. The molecule has 2 aliphatic rings. The minimum absolute atomic E-state index is 0.0355. The third-order valence-corrected chi connectivity index (χ3v) is 5.09. The molecule has 0 bridgehead atoms. The number of hydrogen-bond acceptors (Lipinski definition) is 4. The van der Waals surface area contributed by atoms with E-state index < -0.39 is 0 Å². The first kappa shape index (κ1) is 16.5. The summed E-state index contributed by atoms with van der Waals surface area (Å²) in [6.45, 7) is 8.33. The van der Waals surface area contributed by atoms with E-state index in [1.807, 2.05) is 11.0 Å². The largest absolute Gasteiger partial charge is 0.377 e. The number of nitrogens with one attached hydrogen (secondary N) is 1. The number of nitrogens with zero attached hydrogens (tertiary/aromatic N) is 2. The molecule has 1 aromatic rings. The number of amides is 1. The maximum absolute atomic E-state index is 12.8. The van der Waals surface area contributed by atoms with E-state index in [0.29, 0.717) is 18.8 Å². The predicted molar refractivity (Wildman–Crippen MR) is 86.5 cm³/mol. The molecule has 0 unspecified atom stereocenters. The molecule has 1 N–H and O–H groups in total. The topological polar surface area (TPSA) is 67.5 Å². The molecule has 3 rings (SSSR count). The number of rotatable bonds is 2. The van der Waals surface area contributed by atoms with Gasteiger partial charge in [-0.3, -0.25) is 9.89 Å². The molecule has 3 heterocycles. The van der Waals surface area contributed by atoms with Gasteiger partial charge in [0.1, 0.15) is 11.8 Å². The number of aromatic nitrogens is 2. The van der Waals surface area contributed by atoms with Crippen molar-refractivity contribution in [2.24, 2.45) is 0 Å². The Hall–Kier alpha value is -1.40. The maximum Gasteiger partial charge on any atom is 0.274 e. The van der Waals surface area contributed by atoms with Crippen LogP contribution in [-0.2, 0) is 14.9 Å². The third kappa shape index (κ3) is 3.02. The predicted octanol–water partition coefficient (Wildman–Crippen LogP) is 2.12. The van der Waals surface area contributed by atoms with Crippen molar-refractivity contribution in [3.05, 3.63) is 17.5 Å². The number of methoxy groups -OCH3 is 1. The van der Waals surface area contributed by atoms with Gasteiger partial charge in [0, 0.05) is 31.4 Å². The molecule has 0 aromatic carbocycles. The summed E-state index contributed by atoms with van der Waals surface area (Å²) in [5, 5.41) is 7.20. The summed E-state index contributed by atoms with van der Waals surface area (Å²) in [5.41, 5.74) is 1.20. The van der Waals surface area contributed by atoms with Crippen LogP contribution in [0.15, 0.2) is 6.07 Å². The lowest BCUT2D eigenvalue weighted by Crippen LogP contribution is -2.57. The van der Waals surface area contributed by atoms with E-state index in [0.717, 1.165) is 31.6 Å². The van der Waals surface area contributed by atoms with Crippen molar-refractivity contribution in [2.75, 3.05) is 26.8 Å². The molecule has 2 atom stereocenters. The lowest BCUT2D eigenvalue weighted by atomic mass is 9.85. The summed E-state index contributed by atoms with van der Waals surface area (Å²) in [4.78, 5) is 14.6. The Morgan fingerprint density at radius 2 is 2.26 bits per heavy atom. The number of piperidine rings is 1. The summed E-state index contributed by atoms with van der Waals surface area (Å²) in [6.07, 6.45) is 2.85. The van der Waals surface area contributed by atoms with E-state index in [1.165, 1.54) is 0 Å². The zero-order valence-corrected chi connectivity index (χ0v) is 14.5. The quantitative estimate of drug-likeness (QED) is 0.906. The fraction of sp³-hybridized carbons (Fsp3) is 0.765. The molecular weight excluding hydrogens is 294 g/mol. The second-order valence-corrected chi connectivity index (χ2v) is 7.66. The fourth-order valence-corrected chi connectivity index (χ4v) is 3.56. The summed E-state index contributed by atoms with van der Waals surface area (Å²) >= 11 is 0. The molecule has 1 amide bonds. The van der Waals surface area contributed by atoms with Crippen molar-refractivity contribution in [2.45, 2.75) is 57.2 Å². The van der Waals surface area contributed by atoms with Crippen LogP contribution in [0.3, 0.4) is 0 Å². The number of likely N-dealkylation sites (tertiary alicyclic amines) is 1. The van der Waals surface area contributed by atoms with Gasteiger partial charge in [0.15, 0.2) is 0 Å². The molecule has 2 saturated heterocycles. The van der Waals surface area contributed by atoms with Gasteiger partial charge in [-0.1, -0.05) is 20.8 Å². The summed E-state index contributed by atoms with van der Waals surface area (Å²) in [7, 11) is 1.70. The number of carbonyl (C=O) groups excluding carboxylic acids is 1. The van der Waals surface area contributed by atoms with E-state index in [4.69, 9.17) is 9.47 Å². The van der Waals surface area contributed by atoms with Crippen molar-refractivity contribution in [3.8, 4) is 0 Å². The molecule has 128 valence electrons. The average molecular weight is 321 g/mol. The van der Waals surface area contributed by atoms with Crippen molar-refractivity contribution in [1.82, 2.24) is 15.1 Å². The minimum atomic E-state index is -0.201. The minimum Gasteiger partial charge on any atom is -0.377 e. The van der Waals surface area contributed by atoms with Crippen molar-refractivity contribution < 1.29 is 14.3 Å². The molecule has 0 saturated carbocycles. The highest BCUT2D eigenvalue weighted by Crippen LogP contribution is 2.37. The Bertz CT molecular complexity index is 570. The van der Waals surface area contributed by atoms with E-state index in [9.17, 15) is 4.79 Å². The fourth-order valence-electron chi connectivity index (χ4n) is 3.56. The van der Waals surface area contributed by atoms with Gasteiger partial charge < -0.3 is 14.4 Å². The van der Waals surface area contributed by atoms with Crippen molar-refractivity contribution >= 4 is 5.91 Å². The van der Waals surface area contributed by atoms with Crippen LogP contribution in [0.2, 0.25) is 0 Å². The first-order valence-electron chi connectivity index (χ1n) is 8.38. The lowest BCUT2D eigenvalue weighted by molar-refractivity contribution is -0.136. The van der Waals surface area contributed by atoms with E-state index in [1.54, 1.807) is 7.11 Å². The maximum atomic E-state index is 12.8. The lowest BCUT2D eigenvalue weighted by Gasteiger charge is -2.44. The molecule has 0 aliphatic carbocycles. The Labute approximate surface area is 137 Å². The van der Waals surface area contributed by atoms with Crippen LogP contribution in [0.25, 0.3) is 0 Å². The molecular formula is C17H27N3O3. The van der Waals surface area contributed by atoms with Crippen molar-refractivity contribution in [1.29, 1.82) is 0 Å². The van der Waals surface area contributed by atoms with Gasteiger partial charge in [0.25, 0.3) is 5.91 Å². The summed E-state index contributed by atoms with van der Waals surface area (Å²) in [6, 6.07) is 1.86. The van der Waals surface area contributed by atoms with Gasteiger partial charge in [-0.2, -0.15) is 5.10 Å². The molecule has 6 heteroatoms. The van der Waals surface area contributed by atoms with E-state index >= 15 is 0 Å². The summed E-state index contributed by atoms with van der Waals surface area (Å²) < 4.78 is 11.6. The highest BCUT2D eigenvalue weighted by molar-refractivity contribution is 5.92. The van der Waals surface area contributed by atoms with Crippen LogP contribution in [0.1, 0.15) is 56.2 Å². The van der Waals surface area contributed by atoms with Gasteiger partial charge in [-0.25, -0.2) is 0 Å². The number of carbonyl (C=O) groups is 1. The SMILES string of the molecule is CO[C@H]1CN(C(=O)c2cc(C(C)(C)C)[nH]n2)CC[C@@]12CCCO2. The van der Waals surface area contributed by atoms with Crippen LogP contribution in [0.4, 0.5) is 0 Å². The van der Waals surface area contributed by atoms with E-state index in [2.05, 4.69) is 31.0 Å². The second kappa shape index (κ2) is 5.91. The molecule has 0 radical (unpaired) electrons. The zero-order valence-electron chi connectivity index (χ0n) is 14.5. The summed E-state index contributed by atoms with van der Waals surface area (Å²) in [5.74, 6) is -0.0355. The first-order chi connectivity index (χ1) is 10.9. The average Bonchev–Trinajstić information content (AvgIpc) is 3.16. The van der Waals surface area contributed by atoms with Gasteiger partial charge >= 0.3 is 0 Å².